The van der Waals surface area contributed by atoms with Gasteiger partial charge in [-0.3, -0.25) is 4.79 Å². The summed E-state index contributed by atoms with van der Waals surface area (Å²) >= 11 is 0. The molecule has 0 aliphatic carbocycles. The molecule has 1 amide bonds. The number of hydrogen-bond acceptors (Lipinski definition) is 3. The van der Waals surface area contributed by atoms with Crippen molar-refractivity contribution >= 4 is 5.91 Å². The molecule has 0 radical (unpaired) electrons. The molecule has 1 saturated heterocycles. The van der Waals surface area contributed by atoms with Crippen molar-refractivity contribution in [1.29, 1.82) is 0 Å². The van der Waals surface area contributed by atoms with Crippen molar-refractivity contribution in [3.05, 3.63) is 0 Å². The minimum atomic E-state index is 0.304. The first-order valence-corrected chi connectivity index (χ1v) is 6.30. The maximum Gasteiger partial charge on any atom is 0.223 e. The zero-order valence-electron chi connectivity index (χ0n) is 10.8. The number of nitrogens with zero attached hydrogens (tertiary/aromatic N) is 2. The van der Waals surface area contributed by atoms with Gasteiger partial charge in [-0.05, 0) is 33.5 Å². The second kappa shape index (κ2) is 6.86. The summed E-state index contributed by atoms with van der Waals surface area (Å²) in [7, 11) is 4.24. The first-order chi connectivity index (χ1) is 7.65. The van der Waals surface area contributed by atoms with Gasteiger partial charge < -0.3 is 15.1 Å². The zero-order valence-corrected chi connectivity index (χ0v) is 10.8. The van der Waals surface area contributed by atoms with Crippen LogP contribution in [0.3, 0.4) is 0 Å². The Labute approximate surface area is 99.0 Å². The number of nitrogens with one attached hydrogen (secondary N) is 1. The van der Waals surface area contributed by atoms with E-state index in [1.165, 1.54) is 0 Å². The SMILES string of the molecule is CCNCCC(=O)N1CCC(N(C)C)CC1. The van der Waals surface area contributed by atoms with Gasteiger partial charge in [0.1, 0.15) is 0 Å². The van der Waals surface area contributed by atoms with Gasteiger partial charge in [0.15, 0.2) is 0 Å². The minimum Gasteiger partial charge on any atom is -0.343 e. The molecule has 0 aromatic carbocycles. The highest BCUT2D eigenvalue weighted by Crippen LogP contribution is 2.14. The van der Waals surface area contributed by atoms with Gasteiger partial charge >= 0.3 is 0 Å². The molecular formula is C12H25N3O. The average Bonchev–Trinajstić information content (AvgIpc) is 2.29. The molecule has 0 saturated carbocycles. The maximum atomic E-state index is 11.8. The van der Waals surface area contributed by atoms with E-state index in [9.17, 15) is 4.79 Å². The van der Waals surface area contributed by atoms with Crippen LogP contribution in [-0.4, -0.2) is 62.0 Å². The van der Waals surface area contributed by atoms with E-state index in [-0.39, 0.29) is 0 Å². The lowest BCUT2D eigenvalue weighted by Gasteiger charge is -2.35. The highest BCUT2D eigenvalue weighted by molar-refractivity contribution is 5.76. The fourth-order valence-electron chi connectivity index (χ4n) is 2.16. The van der Waals surface area contributed by atoms with Gasteiger partial charge in [-0.15, -0.1) is 0 Å². The predicted molar refractivity (Wildman–Crippen MR) is 66.4 cm³/mol. The fraction of sp³-hybridized carbons (Fsp3) is 0.917. The first-order valence-electron chi connectivity index (χ1n) is 6.30. The molecule has 16 heavy (non-hydrogen) atoms. The van der Waals surface area contributed by atoms with Crippen molar-refractivity contribution < 1.29 is 4.79 Å². The van der Waals surface area contributed by atoms with E-state index in [0.717, 1.165) is 39.0 Å². The third-order valence-electron chi connectivity index (χ3n) is 3.31. The molecule has 0 spiro atoms. The maximum absolute atomic E-state index is 11.8. The van der Waals surface area contributed by atoms with E-state index in [1.54, 1.807) is 0 Å². The van der Waals surface area contributed by atoms with Crippen LogP contribution in [0, 0.1) is 0 Å². The van der Waals surface area contributed by atoms with Gasteiger partial charge in [0, 0.05) is 32.1 Å². The van der Waals surface area contributed by atoms with Crippen LogP contribution in [0.2, 0.25) is 0 Å². The molecule has 4 heteroatoms. The summed E-state index contributed by atoms with van der Waals surface area (Å²) in [6.45, 7) is 5.66. The Bertz CT molecular complexity index is 210. The van der Waals surface area contributed by atoms with E-state index in [1.807, 2.05) is 4.90 Å². The minimum absolute atomic E-state index is 0.304. The number of likely N-dealkylation sites (tertiary alicyclic amines) is 1. The lowest BCUT2D eigenvalue weighted by molar-refractivity contribution is -0.132. The van der Waals surface area contributed by atoms with Crippen LogP contribution >= 0.6 is 0 Å². The summed E-state index contributed by atoms with van der Waals surface area (Å²) in [6.07, 6.45) is 2.86. The third kappa shape index (κ3) is 4.10. The lowest BCUT2D eigenvalue weighted by Crippen LogP contribution is -2.45. The topological polar surface area (TPSA) is 35.6 Å². The highest BCUT2D eigenvalue weighted by atomic mass is 16.2. The molecule has 0 aromatic heterocycles. The average molecular weight is 227 g/mol. The van der Waals surface area contributed by atoms with Crippen LogP contribution in [0.5, 0.6) is 0 Å². The number of amides is 1. The molecule has 1 N–H and O–H groups in total. The molecular weight excluding hydrogens is 202 g/mol. The van der Waals surface area contributed by atoms with Crippen molar-refractivity contribution in [2.24, 2.45) is 0 Å². The number of hydrogen-bond donors (Lipinski definition) is 1. The molecule has 4 nitrogen and oxygen atoms in total. The number of rotatable bonds is 5. The van der Waals surface area contributed by atoms with Crippen molar-refractivity contribution in [1.82, 2.24) is 15.1 Å². The van der Waals surface area contributed by atoms with Gasteiger partial charge in [-0.25, -0.2) is 0 Å². The summed E-state index contributed by atoms with van der Waals surface area (Å²) < 4.78 is 0. The van der Waals surface area contributed by atoms with Crippen molar-refractivity contribution in [3.63, 3.8) is 0 Å². The predicted octanol–water partition coefficient (Wildman–Crippen LogP) is 0.539. The molecule has 0 atom stereocenters. The molecule has 1 aliphatic heterocycles. The van der Waals surface area contributed by atoms with E-state index in [0.29, 0.717) is 18.4 Å². The molecule has 0 aromatic rings. The van der Waals surface area contributed by atoms with E-state index in [4.69, 9.17) is 0 Å². The van der Waals surface area contributed by atoms with Crippen LogP contribution in [0.4, 0.5) is 0 Å². The van der Waals surface area contributed by atoms with Crippen molar-refractivity contribution in [3.8, 4) is 0 Å². The summed E-state index contributed by atoms with van der Waals surface area (Å²) in [4.78, 5) is 16.1. The van der Waals surface area contributed by atoms with Gasteiger partial charge in [0.2, 0.25) is 5.91 Å². The Morgan fingerprint density at radius 1 is 1.38 bits per heavy atom. The number of carbonyl (C=O) groups excluding carboxylic acids is 1. The van der Waals surface area contributed by atoms with Gasteiger partial charge in [-0.2, -0.15) is 0 Å². The van der Waals surface area contributed by atoms with E-state index >= 15 is 0 Å². The molecule has 0 unspecified atom stereocenters. The molecule has 94 valence electrons. The number of piperidine rings is 1. The van der Waals surface area contributed by atoms with Gasteiger partial charge in [0.25, 0.3) is 0 Å². The molecule has 1 aliphatic rings. The Kier molecular flexibility index (Phi) is 5.77. The van der Waals surface area contributed by atoms with Crippen LogP contribution in [-0.2, 0) is 4.79 Å². The Morgan fingerprint density at radius 3 is 2.50 bits per heavy atom. The summed E-state index contributed by atoms with van der Waals surface area (Å²) in [5, 5.41) is 3.19. The van der Waals surface area contributed by atoms with Gasteiger partial charge in [0.05, 0.1) is 0 Å². The normalized spacial score (nSPS) is 18.1. The molecule has 0 bridgehead atoms. The van der Waals surface area contributed by atoms with Crippen molar-refractivity contribution in [2.45, 2.75) is 32.2 Å². The van der Waals surface area contributed by atoms with Crippen molar-refractivity contribution in [2.75, 3.05) is 40.3 Å². The van der Waals surface area contributed by atoms with E-state index < -0.39 is 0 Å². The largest absolute Gasteiger partial charge is 0.343 e. The van der Waals surface area contributed by atoms with Crippen LogP contribution < -0.4 is 5.32 Å². The van der Waals surface area contributed by atoms with Crippen LogP contribution in [0.25, 0.3) is 0 Å². The van der Waals surface area contributed by atoms with Crippen LogP contribution in [0.15, 0.2) is 0 Å². The Morgan fingerprint density at radius 2 is 2.00 bits per heavy atom. The Hall–Kier alpha value is -0.610. The highest BCUT2D eigenvalue weighted by Gasteiger charge is 2.23. The van der Waals surface area contributed by atoms with Gasteiger partial charge in [-0.1, -0.05) is 6.92 Å². The third-order valence-corrected chi connectivity index (χ3v) is 3.31. The second-order valence-electron chi connectivity index (χ2n) is 4.68. The summed E-state index contributed by atoms with van der Waals surface area (Å²) in [5.74, 6) is 0.304. The summed E-state index contributed by atoms with van der Waals surface area (Å²) in [5.41, 5.74) is 0. The second-order valence-corrected chi connectivity index (χ2v) is 4.68. The lowest BCUT2D eigenvalue weighted by atomic mass is 10.0. The smallest absolute Gasteiger partial charge is 0.223 e. The molecule has 1 rings (SSSR count). The van der Waals surface area contributed by atoms with Crippen LogP contribution in [0.1, 0.15) is 26.2 Å². The monoisotopic (exact) mass is 227 g/mol. The quantitative estimate of drug-likeness (QED) is 0.696. The zero-order chi connectivity index (χ0) is 12.0. The molecule has 1 fully saturated rings. The summed E-state index contributed by atoms with van der Waals surface area (Å²) in [6, 6.07) is 0.651. The first kappa shape index (κ1) is 13.5. The molecule has 1 heterocycles. The number of carbonyl (C=O) groups is 1. The standard InChI is InChI=1S/C12H25N3O/c1-4-13-8-5-12(16)15-9-6-11(7-10-15)14(2)3/h11,13H,4-10H2,1-3H3. The van der Waals surface area contributed by atoms with E-state index in [2.05, 4.69) is 31.2 Å². The Balaban J connectivity index is 2.22. The fourth-order valence-corrected chi connectivity index (χ4v) is 2.16.